The Morgan fingerprint density at radius 3 is 1.19 bits per heavy atom. The molecule has 0 saturated carbocycles. The van der Waals surface area contributed by atoms with Gasteiger partial charge in [0.2, 0.25) is 0 Å². The van der Waals surface area contributed by atoms with E-state index < -0.39 is 0 Å². The van der Waals surface area contributed by atoms with E-state index in [1.54, 1.807) is 0 Å². The number of thioether (sulfide) groups is 1. The van der Waals surface area contributed by atoms with Gasteiger partial charge < -0.3 is 0 Å². The molecule has 0 fully saturated rings. The number of rotatable bonds is 30. The van der Waals surface area contributed by atoms with Gasteiger partial charge in [-0.2, -0.15) is 11.8 Å². The minimum absolute atomic E-state index is 0.0570. The van der Waals surface area contributed by atoms with E-state index in [-0.39, 0.29) is 4.75 Å². The van der Waals surface area contributed by atoms with Gasteiger partial charge >= 0.3 is 0 Å². The molecule has 2 nitrogen and oxygen atoms in total. The van der Waals surface area contributed by atoms with Crippen molar-refractivity contribution in [3.05, 3.63) is 0 Å². The molecule has 0 rings (SSSR count). The molecule has 0 N–H and O–H groups in total. The van der Waals surface area contributed by atoms with E-state index >= 15 is 0 Å². The molecule has 37 heavy (non-hydrogen) atoms. The molecule has 0 unspecified atom stereocenters. The highest BCUT2D eigenvalue weighted by molar-refractivity contribution is 8.00. The van der Waals surface area contributed by atoms with E-state index in [2.05, 4.69) is 13.8 Å². The monoisotopic (exact) mass is 538 g/mol. The van der Waals surface area contributed by atoms with Crippen LogP contribution in [0.2, 0.25) is 0 Å². The zero-order valence-electron chi connectivity index (χ0n) is 25.8. The average molecular weight is 539 g/mol. The lowest BCUT2D eigenvalue weighted by Gasteiger charge is -2.33. The van der Waals surface area contributed by atoms with Crippen LogP contribution in [-0.2, 0) is 9.59 Å². The van der Waals surface area contributed by atoms with Gasteiger partial charge in [0.25, 0.3) is 0 Å². The van der Waals surface area contributed by atoms with Crippen LogP contribution in [0, 0.1) is 0 Å². The molecule has 0 spiro atoms. The maximum atomic E-state index is 12.7. The fourth-order valence-corrected chi connectivity index (χ4v) is 7.01. The highest BCUT2D eigenvalue weighted by Gasteiger charge is 2.32. The second-order valence-electron chi connectivity index (χ2n) is 11.6. The summed E-state index contributed by atoms with van der Waals surface area (Å²) in [7, 11) is 0. The molecule has 0 aromatic rings. The summed E-state index contributed by atoms with van der Waals surface area (Å²) in [5, 5.41) is 0. The quantitative estimate of drug-likeness (QED) is 0.0853. The number of carbonyl (C=O) groups excluding carboxylic acids is 2. The van der Waals surface area contributed by atoms with Crippen molar-refractivity contribution in [2.24, 2.45) is 0 Å². The van der Waals surface area contributed by atoms with Gasteiger partial charge in [-0.1, -0.05) is 156 Å². The Labute approximate surface area is 237 Å². The van der Waals surface area contributed by atoms with Crippen molar-refractivity contribution in [2.45, 2.75) is 199 Å². The van der Waals surface area contributed by atoms with Crippen LogP contribution in [-0.4, -0.2) is 22.1 Å². The summed E-state index contributed by atoms with van der Waals surface area (Å²) < 4.78 is 0.0570. The van der Waals surface area contributed by atoms with Crippen molar-refractivity contribution >= 4 is 23.3 Å². The van der Waals surface area contributed by atoms with Crippen LogP contribution in [0.5, 0.6) is 0 Å². The molecule has 3 heteroatoms. The molecule has 0 aromatic heterocycles. The predicted molar refractivity (Wildman–Crippen MR) is 168 cm³/mol. The zero-order valence-corrected chi connectivity index (χ0v) is 26.6. The third-order valence-corrected chi connectivity index (χ3v) is 9.64. The third-order valence-electron chi connectivity index (χ3n) is 8.07. The normalized spacial score (nSPS) is 11.8. The Bertz CT molecular complexity index is 492. The topological polar surface area (TPSA) is 34.1 Å². The minimum Gasteiger partial charge on any atom is -0.300 e. The van der Waals surface area contributed by atoms with E-state index in [9.17, 15) is 9.59 Å². The fourth-order valence-electron chi connectivity index (χ4n) is 5.41. The van der Waals surface area contributed by atoms with Crippen molar-refractivity contribution in [3.8, 4) is 0 Å². The SMILES string of the molecule is CCCCCCCCCCCCC(CCCCCCCCCCCC)(CC(=O)CC)SCCC(=O)CC. The molecule has 0 atom stereocenters. The first-order chi connectivity index (χ1) is 18.0. The van der Waals surface area contributed by atoms with E-state index in [0.717, 1.165) is 18.6 Å². The number of unbranched alkanes of at least 4 members (excludes halogenated alkanes) is 18. The minimum atomic E-state index is 0.0570. The lowest BCUT2D eigenvalue weighted by atomic mass is 9.88. The molecule has 0 aliphatic rings. The Hall–Kier alpha value is -0.310. The van der Waals surface area contributed by atoms with E-state index in [4.69, 9.17) is 0 Å². The predicted octanol–water partition coefficient (Wildman–Crippen LogP) is 11.8. The molecule has 0 amide bonds. The molecular formula is C34H66O2S. The number of Topliss-reactive ketones (excluding diaryl/α,β-unsaturated/α-hetero) is 2. The molecular weight excluding hydrogens is 472 g/mol. The molecule has 0 aliphatic heterocycles. The van der Waals surface area contributed by atoms with Crippen molar-refractivity contribution in [2.75, 3.05) is 5.75 Å². The van der Waals surface area contributed by atoms with Crippen molar-refractivity contribution in [1.29, 1.82) is 0 Å². The van der Waals surface area contributed by atoms with Crippen molar-refractivity contribution in [3.63, 3.8) is 0 Å². The fraction of sp³-hybridized carbons (Fsp3) is 0.941. The summed E-state index contributed by atoms with van der Waals surface area (Å²) in [5.41, 5.74) is 0. The van der Waals surface area contributed by atoms with Gasteiger partial charge in [0.1, 0.15) is 11.6 Å². The summed E-state index contributed by atoms with van der Waals surface area (Å²) >= 11 is 1.97. The van der Waals surface area contributed by atoms with E-state index in [1.165, 1.54) is 128 Å². The van der Waals surface area contributed by atoms with Crippen LogP contribution in [0.1, 0.15) is 195 Å². The number of carbonyl (C=O) groups is 2. The van der Waals surface area contributed by atoms with Gasteiger partial charge in [-0.25, -0.2) is 0 Å². The number of ketones is 2. The molecule has 0 radical (unpaired) electrons. The van der Waals surface area contributed by atoms with Gasteiger partial charge in [0.05, 0.1) is 0 Å². The summed E-state index contributed by atoms with van der Waals surface area (Å²) in [6, 6.07) is 0. The molecule has 0 saturated heterocycles. The Balaban J connectivity index is 4.61. The number of hydrogen-bond acceptors (Lipinski definition) is 3. The van der Waals surface area contributed by atoms with Crippen LogP contribution in [0.25, 0.3) is 0 Å². The second kappa shape index (κ2) is 27.3. The molecule has 0 bridgehead atoms. The van der Waals surface area contributed by atoms with Crippen molar-refractivity contribution < 1.29 is 9.59 Å². The maximum absolute atomic E-state index is 12.7. The lowest BCUT2D eigenvalue weighted by Crippen LogP contribution is -2.29. The average Bonchev–Trinajstić information content (AvgIpc) is 2.90. The van der Waals surface area contributed by atoms with Gasteiger partial charge in [-0.05, 0) is 12.8 Å². The first-order valence-corrected chi connectivity index (χ1v) is 17.7. The van der Waals surface area contributed by atoms with Crippen molar-refractivity contribution in [1.82, 2.24) is 0 Å². The molecule has 220 valence electrons. The summed E-state index contributed by atoms with van der Waals surface area (Å²) in [6.07, 6.45) is 32.0. The largest absolute Gasteiger partial charge is 0.300 e. The summed E-state index contributed by atoms with van der Waals surface area (Å²) in [4.78, 5) is 24.6. The first kappa shape index (κ1) is 36.7. The second-order valence-corrected chi connectivity index (χ2v) is 13.2. The molecule has 0 aromatic carbocycles. The Morgan fingerprint density at radius 2 is 0.838 bits per heavy atom. The van der Waals surface area contributed by atoms with Crippen LogP contribution in [0.4, 0.5) is 0 Å². The first-order valence-electron chi connectivity index (χ1n) is 16.7. The standard InChI is InChI=1S/C34H66O2S/c1-5-9-11-13-15-17-19-21-23-25-28-34(31-33(36)8-4,37-30-27-32(35)7-3)29-26-24-22-20-18-16-14-12-10-6-2/h5-31H2,1-4H3. The summed E-state index contributed by atoms with van der Waals surface area (Å²) in [6.45, 7) is 8.54. The zero-order chi connectivity index (χ0) is 27.5. The van der Waals surface area contributed by atoms with Gasteiger partial charge in [-0.3, -0.25) is 9.59 Å². The van der Waals surface area contributed by atoms with E-state index in [0.29, 0.717) is 37.2 Å². The Kier molecular flexibility index (Phi) is 27.0. The number of hydrogen-bond donors (Lipinski definition) is 0. The summed E-state index contributed by atoms with van der Waals surface area (Å²) in [5.74, 6) is 1.66. The highest BCUT2D eigenvalue weighted by atomic mass is 32.2. The van der Waals surface area contributed by atoms with Gasteiger partial charge in [0, 0.05) is 36.2 Å². The van der Waals surface area contributed by atoms with Gasteiger partial charge in [0.15, 0.2) is 0 Å². The highest BCUT2D eigenvalue weighted by Crippen LogP contribution is 2.40. The Morgan fingerprint density at radius 1 is 0.486 bits per heavy atom. The van der Waals surface area contributed by atoms with Gasteiger partial charge in [-0.15, -0.1) is 0 Å². The van der Waals surface area contributed by atoms with Crippen LogP contribution < -0.4 is 0 Å². The molecule has 0 heterocycles. The molecule has 0 aliphatic carbocycles. The smallest absolute Gasteiger partial charge is 0.134 e. The third kappa shape index (κ3) is 23.3. The van der Waals surface area contributed by atoms with Crippen LogP contribution in [0.15, 0.2) is 0 Å². The maximum Gasteiger partial charge on any atom is 0.134 e. The van der Waals surface area contributed by atoms with E-state index in [1.807, 2.05) is 25.6 Å². The lowest BCUT2D eigenvalue weighted by molar-refractivity contribution is -0.119. The van der Waals surface area contributed by atoms with Crippen LogP contribution in [0.3, 0.4) is 0 Å². The van der Waals surface area contributed by atoms with Crippen LogP contribution >= 0.6 is 11.8 Å².